The smallest absolute Gasteiger partial charge is 0.223 e. The zero-order valence-electron chi connectivity index (χ0n) is 18.6. The summed E-state index contributed by atoms with van der Waals surface area (Å²) in [6.45, 7) is 12.1. The Morgan fingerprint density at radius 1 is 0.893 bits per heavy atom. The molecule has 1 rings (SSSR count). The summed E-state index contributed by atoms with van der Waals surface area (Å²) in [5, 5.41) is 3.03. The van der Waals surface area contributed by atoms with E-state index in [0.29, 0.717) is 24.9 Å². The number of unbranched alkanes of at least 4 members (excludes halogenated alkanes) is 1. The van der Waals surface area contributed by atoms with Crippen LogP contribution in [0, 0.1) is 23.7 Å². The van der Waals surface area contributed by atoms with E-state index in [9.17, 15) is 9.59 Å². The quantitative estimate of drug-likeness (QED) is 0.416. The van der Waals surface area contributed by atoms with Gasteiger partial charge in [-0.25, -0.2) is 0 Å². The zero-order chi connectivity index (χ0) is 20.8. The third-order valence-electron chi connectivity index (χ3n) is 5.76. The second-order valence-electron chi connectivity index (χ2n) is 8.66. The van der Waals surface area contributed by atoms with Gasteiger partial charge in [0.15, 0.2) is 0 Å². The van der Waals surface area contributed by atoms with Crippen molar-refractivity contribution in [2.24, 2.45) is 23.7 Å². The first-order valence-electron chi connectivity index (χ1n) is 11.4. The van der Waals surface area contributed by atoms with Crippen molar-refractivity contribution in [2.45, 2.75) is 79.1 Å². The minimum atomic E-state index is 0.0764. The Labute approximate surface area is 172 Å². The molecule has 5 heteroatoms. The molecule has 0 aromatic carbocycles. The van der Waals surface area contributed by atoms with Gasteiger partial charge in [0.25, 0.3) is 0 Å². The molecule has 0 aliphatic heterocycles. The number of ketones is 1. The fourth-order valence-corrected chi connectivity index (χ4v) is 3.55. The number of hydrogen-bond acceptors (Lipinski definition) is 4. The number of hydrogen-bond donors (Lipinski definition) is 1. The summed E-state index contributed by atoms with van der Waals surface area (Å²) >= 11 is 0. The fourth-order valence-electron chi connectivity index (χ4n) is 3.55. The summed E-state index contributed by atoms with van der Waals surface area (Å²) in [5.74, 6) is 1.49. The summed E-state index contributed by atoms with van der Waals surface area (Å²) in [4.78, 5) is 24.3. The highest BCUT2D eigenvalue weighted by Gasteiger charge is 2.30. The molecule has 1 aliphatic carbocycles. The lowest BCUT2D eigenvalue weighted by Gasteiger charge is -2.27. The lowest BCUT2D eigenvalue weighted by molar-refractivity contribution is -0.130. The Morgan fingerprint density at radius 2 is 1.46 bits per heavy atom. The first-order valence-corrected chi connectivity index (χ1v) is 11.4. The van der Waals surface area contributed by atoms with Gasteiger partial charge in [0.05, 0.1) is 0 Å². The second-order valence-corrected chi connectivity index (χ2v) is 8.66. The Kier molecular flexibility index (Phi) is 13.4. The van der Waals surface area contributed by atoms with Gasteiger partial charge in [0.1, 0.15) is 5.78 Å². The van der Waals surface area contributed by atoms with Gasteiger partial charge in [-0.3, -0.25) is 9.59 Å². The van der Waals surface area contributed by atoms with Crippen LogP contribution in [0.1, 0.15) is 79.1 Å². The lowest BCUT2D eigenvalue weighted by Crippen LogP contribution is -2.35. The van der Waals surface area contributed by atoms with E-state index >= 15 is 0 Å². The van der Waals surface area contributed by atoms with E-state index in [0.717, 1.165) is 64.8 Å². The standard InChI is InChI=1S/C23H43NO4/c1-5-19(4)17-28-15-7-6-14-27-16-8-13-24-23(26)21-11-9-20(10-12-21)22(25)18(2)3/h18-21H,5-17H2,1-4H3,(H,24,26). The largest absolute Gasteiger partial charge is 0.381 e. The van der Waals surface area contributed by atoms with Crippen molar-refractivity contribution in [3.63, 3.8) is 0 Å². The van der Waals surface area contributed by atoms with Gasteiger partial charge >= 0.3 is 0 Å². The molecular weight excluding hydrogens is 354 g/mol. The topological polar surface area (TPSA) is 64.6 Å². The Bertz CT molecular complexity index is 430. The predicted molar refractivity (Wildman–Crippen MR) is 113 cm³/mol. The molecule has 1 aliphatic rings. The maximum Gasteiger partial charge on any atom is 0.223 e. The third kappa shape index (κ3) is 10.6. The van der Waals surface area contributed by atoms with E-state index < -0.39 is 0 Å². The monoisotopic (exact) mass is 397 g/mol. The molecule has 1 amide bonds. The van der Waals surface area contributed by atoms with Gasteiger partial charge in [-0.15, -0.1) is 0 Å². The maximum atomic E-state index is 12.3. The van der Waals surface area contributed by atoms with Gasteiger partial charge in [-0.2, -0.15) is 0 Å². The molecule has 28 heavy (non-hydrogen) atoms. The Hall–Kier alpha value is -0.940. The van der Waals surface area contributed by atoms with Crippen molar-refractivity contribution >= 4 is 11.7 Å². The molecule has 1 N–H and O–H groups in total. The molecular formula is C23H43NO4. The van der Waals surface area contributed by atoms with Crippen molar-refractivity contribution in [3.8, 4) is 0 Å². The number of Topliss-reactive ketones (excluding diaryl/α,β-unsaturated/α-hetero) is 1. The van der Waals surface area contributed by atoms with Gasteiger partial charge in [0.2, 0.25) is 5.91 Å². The molecule has 1 saturated carbocycles. The Balaban J connectivity index is 1.94. The minimum Gasteiger partial charge on any atom is -0.381 e. The average Bonchev–Trinajstić information content (AvgIpc) is 2.70. The normalized spacial score (nSPS) is 20.9. The molecule has 1 fully saturated rings. The fraction of sp³-hybridized carbons (Fsp3) is 0.913. The highest BCUT2D eigenvalue weighted by Crippen LogP contribution is 2.31. The molecule has 0 saturated heterocycles. The number of carbonyl (C=O) groups excluding carboxylic acids is 2. The molecule has 0 radical (unpaired) electrons. The highest BCUT2D eigenvalue weighted by atomic mass is 16.5. The van der Waals surface area contributed by atoms with Crippen LogP contribution in [-0.2, 0) is 19.1 Å². The zero-order valence-corrected chi connectivity index (χ0v) is 18.6. The van der Waals surface area contributed by atoms with Crippen LogP contribution in [0.5, 0.6) is 0 Å². The van der Waals surface area contributed by atoms with Crippen molar-refractivity contribution in [1.29, 1.82) is 0 Å². The van der Waals surface area contributed by atoms with Crippen molar-refractivity contribution < 1.29 is 19.1 Å². The molecule has 0 aromatic rings. The summed E-state index contributed by atoms with van der Waals surface area (Å²) < 4.78 is 11.3. The van der Waals surface area contributed by atoms with Crippen LogP contribution >= 0.6 is 0 Å². The van der Waals surface area contributed by atoms with Crippen LogP contribution in [0.2, 0.25) is 0 Å². The number of ether oxygens (including phenoxy) is 2. The van der Waals surface area contributed by atoms with E-state index in [1.54, 1.807) is 0 Å². The van der Waals surface area contributed by atoms with Crippen LogP contribution in [0.4, 0.5) is 0 Å². The van der Waals surface area contributed by atoms with E-state index in [1.807, 2.05) is 13.8 Å². The molecule has 0 heterocycles. The third-order valence-corrected chi connectivity index (χ3v) is 5.76. The summed E-state index contributed by atoms with van der Waals surface area (Å²) in [6.07, 6.45) is 7.46. The van der Waals surface area contributed by atoms with E-state index in [4.69, 9.17) is 9.47 Å². The predicted octanol–water partition coefficient (Wildman–Crippen LogP) is 4.38. The number of amides is 1. The van der Waals surface area contributed by atoms with E-state index in [2.05, 4.69) is 19.2 Å². The number of nitrogens with one attached hydrogen (secondary N) is 1. The van der Waals surface area contributed by atoms with Crippen LogP contribution in [0.25, 0.3) is 0 Å². The molecule has 0 aromatic heterocycles. The summed E-state index contributed by atoms with van der Waals surface area (Å²) in [6, 6.07) is 0. The second kappa shape index (κ2) is 15.0. The van der Waals surface area contributed by atoms with Crippen LogP contribution < -0.4 is 5.32 Å². The van der Waals surface area contributed by atoms with Crippen LogP contribution in [0.3, 0.4) is 0 Å². The van der Waals surface area contributed by atoms with Crippen LogP contribution in [-0.4, -0.2) is 44.7 Å². The molecule has 5 nitrogen and oxygen atoms in total. The molecule has 0 spiro atoms. The van der Waals surface area contributed by atoms with Crippen LogP contribution in [0.15, 0.2) is 0 Å². The first kappa shape index (κ1) is 25.1. The SMILES string of the molecule is CCC(C)COCCCCOCCCNC(=O)C1CCC(C(=O)C(C)C)CC1. The first-order chi connectivity index (χ1) is 13.5. The summed E-state index contributed by atoms with van der Waals surface area (Å²) in [7, 11) is 0. The van der Waals surface area contributed by atoms with Gasteiger partial charge in [-0.1, -0.05) is 34.1 Å². The summed E-state index contributed by atoms with van der Waals surface area (Å²) in [5.41, 5.74) is 0. The van der Waals surface area contributed by atoms with E-state index in [-0.39, 0.29) is 23.7 Å². The minimum absolute atomic E-state index is 0.0764. The lowest BCUT2D eigenvalue weighted by atomic mass is 9.77. The van der Waals surface area contributed by atoms with Crippen molar-refractivity contribution in [2.75, 3.05) is 33.0 Å². The van der Waals surface area contributed by atoms with Gasteiger partial charge in [0, 0.05) is 50.7 Å². The Morgan fingerprint density at radius 3 is 2.07 bits per heavy atom. The van der Waals surface area contributed by atoms with E-state index in [1.165, 1.54) is 6.42 Å². The molecule has 0 bridgehead atoms. The molecule has 1 atom stereocenters. The van der Waals surface area contributed by atoms with Gasteiger partial charge in [-0.05, 0) is 50.9 Å². The van der Waals surface area contributed by atoms with Gasteiger partial charge < -0.3 is 14.8 Å². The highest BCUT2D eigenvalue weighted by molar-refractivity contribution is 5.83. The number of rotatable bonds is 15. The van der Waals surface area contributed by atoms with Crippen molar-refractivity contribution in [3.05, 3.63) is 0 Å². The number of carbonyl (C=O) groups is 2. The molecule has 164 valence electrons. The maximum absolute atomic E-state index is 12.3. The average molecular weight is 398 g/mol. The molecule has 1 unspecified atom stereocenters. The van der Waals surface area contributed by atoms with Crippen molar-refractivity contribution in [1.82, 2.24) is 5.32 Å².